The topological polar surface area (TPSA) is 29.5 Å². The van der Waals surface area contributed by atoms with E-state index in [1.54, 1.807) is 0 Å². The maximum atomic E-state index is 8.96. The molecule has 0 saturated carbocycles. The molecule has 19 heavy (non-hydrogen) atoms. The number of aliphatic hydroxyl groups excluding tert-OH is 1. The minimum Gasteiger partial charge on any atom is -0.513 e. The Balaban J connectivity index is 1.77. The van der Waals surface area contributed by atoms with Gasteiger partial charge in [-0.05, 0) is 42.2 Å². The van der Waals surface area contributed by atoms with E-state index >= 15 is 0 Å². The first-order chi connectivity index (χ1) is 9.25. The highest BCUT2D eigenvalue weighted by molar-refractivity contribution is 5.83. The fourth-order valence-corrected chi connectivity index (χ4v) is 2.06. The highest BCUT2D eigenvalue weighted by atomic mass is 16.5. The standard InChI is InChI=1S/C17H20O2/c1-14(18)7-3-2-6-12-19-17-11-10-15-8-4-5-9-16(15)13-17/h4-5,8-11,13,18H,1-3,6-7,12H2. The first kappa shape index (κ1) is 13.5. The molecular weight excluding hydrogens is 236 g/mol. The number of fused-ring (bicyclic) bond motifs is 1. The van der Waals surface area contributed by atoms with E-state index in [2.05, 4.69) is 30.8 Å². The average Bonchev–Trinajstić information content (AvgIpc) is 2.42. The van der Waals surface area contributed by atoms with Crippen LogP contribution in [0.5, 0.6) is 5.75 Å². The van der Waals surface area contributed by atoms with Gasteiger partial charge in [0.1, 0.15) is 5.75 Å². The summed E-state index contributed by atoms with van der Waals surface area (Å²) < 4.78 is 5.74. The Bertz CT molecular complexity index is 546. The predicted octanol–water partition coefficient (Wildman–Crippen LogP) is 4.85. The van der Waals surface area contributed by atoms with Crippen molar-refractivity contribution in [2.24, 2.45) is 0 Å². The van der Waals surface area contributed by atoms with Crippen molar-refractivity contribution in [1.29, 1.82) is 0 Å². The van der Waals surface area contributed by atoms with E-state index in [0.29, 0.717) is 6.42 Å². The van der Waals surface area contributed by atoms with Crippen LogP contribution in [0.25, 0.3) is 10.8 Å². The molecular formula is C17H20O2. The van der Waals surface area contributed by atoms with Crippen molar-refractivity contribution in [2.75, 3.05) is 6.61 Å². The Morgan fingerprint density at radius 2 is 1.79 bits per heavy atom. The quantitative estimate of drug-likeness (QED) is 0.566. The van der Waals surface area contributed by atoms with Crippen LogP contribution in [0.3, 0.4) is 0 Å². The molecule has 2 rings (SSSR count). The molecule has 0 spiro atoms. The molecule has 0 atom stereocenters. The average molecular weight is 256 g/mol. The molecule has 0 aliphatic carbocycles. The van der Waals surface area contributed by atoms with Crippen molar-refractivity contribution in [3.63, 3.8) is 0 Å². The number of rotatable bonds is 7. The van der Waals surface area contributed by atoms with Gasteiger partial charge in [0.25, 0.3) is 0 Å². The largest absolute Gasteiger partial charge is 0.513 e. The lowest BCUT2D eigenvalue weighted by Crippen LogP contribution is -1.97. The van der Waals surface area contributed by atoms with Gasteiger partial charge in [-0.2, -0.15) is 0 Å². The molecule has 0 aliphatic heterocycles. The van der Waals surface area contributed by atoms with Gasteiger partial charge in [-0.1, -0.05) is 36.9 Å². The van der Waals surface area contributed by atoms with Crippen LogP contribution in [-0.2, 0) is 0 Å². The van der Waals surface area contributed by atoms with E-state index in [9.17, 15) is 0 Å². The normalized spacial score (nSPS) is 10.5. The fourth-order valence-electron chi connectivity index (χ4n) is 2.06. The van der Waals surface area contributed by atoms with Crippen molar-refractivity contribution in [3.05, 3.63) is 54.8 Å². The Morgan fingerprint density at radius 3 is 2.58 bits per heavy atom. The molecule has 0 radical (unpaired) electrons. The molecule has 0 fully saturated rings. The van der Waals surface area contributed by atoms with Gasteiger partial charge in [0.2, 0.25) is 0 Å². The number of aliphatic hydroxyl groups is 1. The maximum Gasteiger partial charge on any atom is 0.119 e. The lowest BCUT2D eigenvalue weighted by atomic mass is 10.1. The fraction of sp³-hybridized carbons (Fsp3) is 0.294. The summed E-state index contributed by atoms with van der Waals surface area (Å²) >= 11 is 0. The molecule has 1 N–H and O–H groups in total. The SMILES string of the molecule is C=C(O)CCCCCOc1ccc2ccccc2c1. The number of ether oxygens (including phenoxy) is 1. The van der Waals surface area contributed by atoms with Crippen molar-refractivity contribution in [3.8, 4) is 5.75 Å². The number of allylic oxidation sites excluding steroid dienone is 1. The van der Waals surface area contributed by atoms with Gasteiger partial charge in [0, 0.05) is 6.42 Å². The van der Waals surface area contributed by atoms with Gasteiger partial charge in [-0.15, -0.1) is 0 Å². The zero-order valence-electron chi connectivity index (χ0n) is 11.1. The molecule has 2 heteroatoms. The zero-order chi connectivity index (χ0) is 13.5. The summed E-state index contributed by atoms with van der Waals surface area (Å²) in [5, 5.41) is 11.4. The third kappa shape index (κ3) is 4.32. The van der Waals surface area contributed by atoms with Gasteiger partial charge in [-0.25, -0.2) is 0 Å². The van der Waals surface area contributed by atoms with E-state index < -0.39 is 0 Å². The van der Waals surface area contributed by atoms with Crippen LogP contribution in [0, 0.1) is 0 Å². The Hall–Kier alpha value is -1.96. The second kappa shape index (κ2) is 6.83. The molecule has 2 aromatic rings. The van der Waals surface area contributed by atoms with Crippen LogP contribution in [0.4, 0.5) is 0 Å². The van der Waals surface area contributed by atoms with Gasteiger partial charge in [0.05, 0.1) is 12.4 Å². The molecule has 100 valence electrons. The second-order valence-corrected chi connectivity index (χ2v) is 4.73. The van der Waals surface area contributed by atoms with Crippen LogP contribution >= 0.6 is 0 Å². The second-order valence-electron chi connectivity index (χ2n) is 4.73. The molecule has 0 aromatic heterocycles. The van der Waals surface area contributed by atoms with Crippen LogP contribution < -0.4 is 4.74 Å². The van der Waals surface area contributed by atoms with Gasteiger partial charge >= 0.3 is 0 Å². The molecule has 0 unspecified atom stereocenters. The minimum atomic E-state index is 0.274. The van der Waals surface area contributed by atoms with Crippen LogP contribution in [0.1, 0.15) is 25.7 Å². The summed E-state index contributed by atoms with van der Waals surface area (Å²) in [6.45, 7) is 4.19. The third-order valence-electron chi connectivity index (χ3n) is 3.10. The Morgan fingerprint density at radius 1 is 1.00 bits per heavy atom. The first-order valence-electron chi connectivity index (χ1n) is 6.74. The number of unbranched alkanes of at least 4 members (excludes halogenated alkanes) is 2. The third-order valence-corrected chi connectivity index (χ3v) is 3.10. The highest BCUT2D eigenvalue weighted by Crippen LogP contribution is 2.20. The summed E-state index contributed by atoms with van der Waals surface area (Å²) in [4.78, 5) is 0. The van der Waals surface area contributed by atoms with E-state index in [1.165, 1.54) is 10.8 Å². The van der Waals surface area contributed by atoms with Gasteiger partial charge < -0.3 is 9.84 Å². The summed E-state index contributed by atoms with van der Waals surface area (Å²) in [6, 6.07) is 14.4. The van der Waals surface area contributed by atoms with Crippen molar-refractivity contribution < 1.29 is 9.84 Å². The Kier molecular flexibility index (Phi) is 4.85. The molecule has 0 amide bonds. The van der Waals surface area contributed by atoms with Gasteiger partial charge in [-0.3, -0.25) is 0 Å². The maximum absolute atomic E-state index is 8.96. The summed E-state index contributed by atoms with van der Waals surface area (Å²) in [7, 11) is 0. The minimum absolute atomic E-state index is 0.274. The van der Waals surface area contributed by atoms with E-state index in [1.807, 2.05) is 18.2 Å². The van der Waals surface area contributed by atoms with Crippen molar-refractivity contribution in [2.45, 2.75) is 25.7 Å². The molecule has 0 aliphatic rings. The highest BCUT2D eigenvalue weighted by Gasteiger charge is 1.97. The summed E-state index contributed by atoms with van der Waals surface area (Å²) in [6.07, 6.45) is 3.71. The predicted molar refractivity (Wildman–Crippen MR) is 79.7 cm³/mol. The molecule has 0 heterocycles. The van der Waals surface area contributed by atoms with E-state index in [0.717, 1.165) is 31.6 Å². The first-order valence-corrected chi connectivity index (χ1v) is 6.74. The molecule has 2 nitrogen and oxygen atoms in total. The van der Waals surface area contributed by atoms with Crippen LogP contribution in [0.15, 0.2) is 54.8 Å². The summed E-state index contributed by atoms with van der Waals surface area (Å²) in [5.41, 5.74) is 0. The Labute approximate surface area is 114 Å². The lowest BCUT2D eigenvalue weighted by molar-refractivity contribution is 0.303. The van der Waals surface area contributed by atoms with E-state index in [4.69, 9.17) is 9.84 Å². The number of hydrogen-bond donors (Lipinski definition) is 1. The number of hydrogen-bond acceptors (Lipinski definition) is 2. The monoisotopic (exact) mass is 256 g/mol. The lowest BCUT2D eigenvalue weighted by Gasteiger charge is -2.07. The van der Waals surface area contributed by atoms with Crippen LogP contribution in [-0.4, -0.2) is 11.7 Å². The molecule has 2 aromatic carbocycles. The van der Waals surface area contributed by atoms with Crippen molar-refractivity contribution in [1.82, 2.24) is 0 Å². The molecule has 0 saturated heterocycles. The smallest absolute Gasteiger partial charge is 0.119 e. The van der Waals surface area contributed by atoms with Crippen LogP contribution in [0.2, 0.25) is 0 Å². The number of benzene rings is 2. The zero-order valence-corrected chi connectivity index (χ0v) is 11.1. The van der Waals surface area contributed by atoms with Crippen molar-refractivity contribution >= 4 is 10.8 Å². The van der Waals surface area contributed by atoms with E-state index in [-0.39, 0.29) is 5.76 Å². The molecule has 0 bridgehead atoms. The van der Waals surface area contributed by atoms with Gasteiger partial charge in [0.15, 0.2) is 0 Å². The summed E-state index contributed by atoms with van der Waals surface area (Å²) in [5.74, 6) is 1.20.